The van der Waals surface area contributed by atoms with Crippen molar-refractivity contribution >= 4 is 5.69 Å². The van der Waals surface area contributed by atoms with Crippen LogP contribution in [-0.2, 0) is 6.54 Å². The summed E-state index contributed by atoms with van der Waals surface area (Å²) >= 11 is 0. The van der Waals surface area contributed by atoms with Crippen molar-refractivity contribution in [3.05, 3.63) is 39.4 Å². The van der Waals surface area contributed by atoms with Crippen LogP contribution in [0.2, 0.25) is 0 Å². The van der Waals surface area contributed by atoms with Crippen LogP contribution in [0.4, 0.5) is 5.69 Å². The minimum Gasteiger partial charge on any atom is -0.311 e. The number of nitro benzene ring substituents is 1. The molecule has 0 amide bonds. The van der Waals surface area contributed by atoms with Crippen molar-refractivity contribution in [3.63, 3.8) is 0 Å². The second-order valence-corrected chi connectivity index (χ2v) is 5.69. The summed E-state index contributed by atoms with van der Waals surface area (Å²) in [5.74, 6) is 0. The van der Waals surface area contributed by atoms with E-state index in [1.807, 2.05) is 20.2 Å². The third-order valence-corrected chi connectivity index (χ3v) is 3.57. The van der Waals surface area contributed by atoms with E-state index in [0.29, 0.717) is 12.1 Å². The molecular formula is C14H23N3O2. The van der Waals surface area contributed by atoms with Gasteiger partial charge in [0, 0.05) is 30.3 Å². The Bertz CT molecular complexity index is 456. The van der Waals surface area contributed by atoms with Crippen LogP contribution in [0.1, 0.15) is 25.0 Å². The number of likely N-dealkylation sites (N-methyl/N-ethyl adjacent to an activating group) is 1. The van der Waals surface area contributed by atoms with Gasteiger partial charge in [0.1, 0.15) is 0 Å². The average Bonchev–Trinajstić information content (AvgIpc) is 2.30. The summed E-state index contributed by atoms with van der Waals surface area (Å²) in [4.78, 5) is 12.7. The monoisotopic (exact) mass is 265 g/mol. The fourth-order valence-electron chi connectivity index (χ4n) is 1.63. The van der Waals surface area contributed by atoms with Crippen LogP contribution >= 0.6 is 0 Å². The number of hydrogen-bond donors (Lipinski definition) is 1. The standard InChI is InChI=1S/C14H23N3O2/c1-11-6-7-12(8-13(11)17(18)19)9-15-10-14(2,3)16(4)5/h6-8,15H,9-10H2,1-5H3. The van der Waals surface area contributed by atoms with Crippen molar-refractivity contribution in [1.82, 2.24) is 10.2 Å². The largest absolute Gasteiger partial charge is 0.311 e. The van der Waals surface area contributed by atoms with Crippen molar-refractivity contribution < 1.29 is 4.92 Å². The summed E-state index contributed by atoms with van der Waals surface area (Å²) in [6.45, 7) is 7.51. The Morgan fingerprint density at radius 2 is 2.00 bits per heavy atom. The normalized spacial score (nSPS) is 11.9. The number of rotatable bonds is 6. The van der Waals surface area contributed by atoms with Gasteiger partial charge < -0.3 is 10.2 Å². The van der Waals surface area contributed by atoms with Crippen molar-refractivity contribution in [2.45, 2.75) is 32.9 Å². The fraction of sp³-hybridized carbons (Fsp3) is 0.571. The smallest absolute Gasteiger partial charge is 0.272 e. The Morgan fingerprint density at radius 1 is 1.37 bits per heavy atom. The Hall–Kier alpha value is -1.46. The molecule has 1 aromatic rings. The first-order valence-corrected chi connectivity index (χ1v) is 6.36. The molecule has 0 aromatic heterocycles. The molecule has 5 heteroatoms. The second-order valence-electron chi connectivity index (χ2n) is 5.69. The van der Waals surface area contributed by atoms with Gasteiger partial charge in [0.2, 0.25) is 0 Å². The van der Waals surface area contributed by atoms with Crippen LogP contribution in [0.15, 0.2) is 18.2 Å². The molecule has 5 nitrogen and oxygen atoms in total. The minimum absolute atomic E-state index is 0.0522. The van der Waals surface area contributed by atoms with Gasteiger partial charge in [0.05, 0.1) is 4.92 Å². The third-order valence-electron chi connectivity index (χ3n) is 3.57. The lowest BCUT2D eigenvalue weighted by Gasteiger charge is -2.32. The number of nitro groups is 1. The molecule has 106 valence electrons. The van der Waals surface area contributed by atoms with Gasteiger partial charge in [-0.3, -0.25) is 10.1 Å². The van der Waals surface area contributed by atoms with E-state index in [9.17, 15) is 10.1 Å². The Balaban J connectivity index is 2.64. The topological polar surface area (TPSA) is 58.4 Å². The second kappa shape index (κ2) is 6.12. The lowest BCUT2D eigenvalue weighted by atomic mass is 10.0. The molecule has 0 aliphatic rings. The molecule has 0 spiro atoms. The maximum Gasteiger partial charge on any atom is 0.272 e. The maximum absolute atomic E-state index is 10.9. The van der Waals surface area contributed by atoms with Crippen LogP contribution in [0, 0.1) is 17.0 Å². The molecule has 0 saturated carbocycles. The fourth-order valence-corrected chi connectivity index (χ4v) is 1.63. The van der Waals surface area contributed by atoms with Crippen LogP contribution in [0.3, 0.4) is 0 Å². The van der Waals surface area contributed by atoms with Gasteiger partial charge in [0.25, 0.3) is 5.69 Å². The number of aryl methyl sites for hydroxylation is 1. The number of hydrogen-bond acceptors (Lipinski definition) is 4. The van der Waals surface area contributed by atoms with Crippen LogP contribution < -0.4 is 5.32 Å². The van der Waals surface area contributed by atoms with E-state index in [4.69, 9.17) is 0 Å². The molecule has 0 saturated heterocycles. The summed E-state index contributed by atoms with van der Waals surface area (Å²) < 4.78 is 0. The number of nitrogens with zero attached hydrogens (tertiary/aromatic N) is 2. The molecule has 1 rings (SSSR count). The summed E-state index contributed by atoms with van der Waals surface area (Å²) in [7, 11) is 4.08. The minimum atomic E-state index is -0.331. The van der Waals surface area contributed by atoms with Crippen molar-refractivity contribution in [2.24, 2.45) is 0 Å². The molecular weight excluding hydrogens is 242 g/mol. The van der Waals surface area contributed by atoms with E-state index in [1.165, 1.54) is 0 Å². The number of nitrogens with one attached hydrogen (secondary N) is 1. The highest BCUT2D eigenvalue weighted by atomic mass is 16.6. The van der Waals surface area contributed by atoms with Gasteiger partial charge in [0.15, 0.2) is 0 Å². The lowest BCUT2D eigenvalue weighted by Crippen LogP contribution is -2.46. The molecule has 0 unspecified atom stereocenters. The lowest BCUT2D eigenvalue weighted by molar-refractivity contribution is -0.385. The van der Waals surface area contributed by atoms with Gasteiger partial charge in [-0.25, -0.2) is 0 Å². The van der Waals surface area contributed by atoms with E-state index < -0.39 is 0 Å². The average molecular weight is 265 g/mol. The Morgan fingerprint density at radius 3 is 2.53 bits per heavy atom. The van der Waals surface area contributed by atoms with E-state index in [0.717, 1.165) is 12.1 Å². The molecule has 0 aliphatic heterocycles. The van der Waals surface area contributed by atoms with Crippen LogP contribution in [-0.4, -0.2) is 36.0 Å². The Labute approximate surface area is 114 Å². The first-order valence-electron chi connectivity index (χ1n) is 6.36. The first-order chi connectivity index (χ1) is 8.74. The summed E-state index contributed by atoms with van der Waals surface area (Å²) in [5.41, 5.74) is 1.87. The highest BCUT2D eigenvalue weighted by molar-refractivity contribution is 5.42. The maximum atomic E-state index is 10.9. The molecule has 0 bridgehead atoms. The zero-order chi connectivity index (χ0) is 14.6. The number of benzene rings is 1. The highest BCUT2D eigenvalue weighted by Crippen LogP contribution is 2.19. The third kappa shape index (κ3) is 4.29. The Kier molecular flexibility index (Phi) is 5.03. The quantitative estimate of drug-likeness (QED) is 0.633. The molecule has 19 heavy (non-hydrogen) atoms. The summed E-state index contributed by atoms with van der Waals surface area (Å²) in [6, 6.07) is 5.37. The zero-order valence-corrected chi connectivity index (χ0v) is 12.4. The zero-order valence-electron chi connectivity index (χ0n) is 12.4. The SMILES string of the molecule is Cc1ccc(CNCC(C)(C)N(C)C)cc1[N+](=O)[O-]. The predicted octanol–water partition coefficient (Wildman–Crippen LogP) is 2.33. The van der Waals surface area contributed by atoms with Crippen molar-refractivity contribution in [3.8, 4) is 0 Å². The summed E-state index contributed by atoms with van der Waals surface area (Å²) in [6.07, 6.45) is 0. The van der Waals surface area contributed by atoms with E-state index in [-0.39, 0.29) is 16.1 Å². The van der Waals surface area contributed by atoms with Crippen LogP contribution in [0.5, 0.6) is 0 Å². The van der Waals surface area contributed by atoms with Gasteiger partial charge in [-0.2, -0.15) is 0 Å². The molecule has 0 atom stereocenters. The van der Waals surface area contributed by atoms with Gasteiger partial charge >= 0.3 is 0 Å². The van der Waals surface area contributed by atoms with E-state index in [1.54, 1.807) is 19.1 Å². The van der Waals surface area contributed by atoms with Gasteiger partial charge in [-0.05, 0) is 40.4 Å². The predicted molar refractivity (Wildman–Crippen MR) is 77.3 cm³/mol. The summed E-state index contributed by atoms with van der Waals surface area (Å²) in [5, 5.41) is 14.2. The molecule has 1 aromatic carbocycles. The van der Waals surface area contributed by atoms with Gasteiger partial charge in [-0.15, -0.1) is 0 Å². The van der Waals surface area contributed by atoms with Crippen molar-refractivity contribution in [2.75, 3.05) is 20.6 Å². The van der Waals surface area contributed by atoms with Gasteiger partial charge in [-0.1, -0.05) is 12.1 Å². The molecule has 0 heterocycles. The molecule has 0 fully saturated rings. The molecule has 0 radical (unpaired) electrons. The van der Waals surface area contributed by atoms with Crippen molar-refractivity contribution in [1.29, 1.82) is 0 Å². The molecule has 1 N–H and O–H groups in total. The molecule has 0 aliphatic carbocycles. The van der Waals surface area contributed by atoms with E-state index >= 15 is 0 Å². The first kappa shape index (κ1) is 15.6. The highest BCUT2D eigenvalue weighted by Gasteiger charge is 2.19. The van der Waals surface area contributed by atoms with E-state index in [2.05, 4.69) is 24.1 Å². The van der Waals surface area contributed by atoms with Crippen LogP contribution in [0.25, 0.3) is 0 Å².